The number of unbranched alkanes of at least 4 members (excludes halogenated alkanes) is 1. The molecule has 0 aromatic heterocycles. The first-order valence-corrected chi connectivity index (χ1v) is 11.5. The van der Waals surface area contributed by atoms with E-state index in [1.807, 2.05) is 6.92 Å². The summed E-state index contributed by atoms with van der Waals surface area (Å²) in [6.45, 7) is 4.23. The number of hydrogen-bond acceptors (Lipinski definition) is 6. The molecule has 0 saturated carbocycles. The van der Waals surface area contributed by atoms with Crippen molar-refractivity contribution in [3.05, 3.63) is 87.1 Å². The van der Waals surface area contributed by atoms with Gasteiger partial charge in [-0.2, -0.15) is 0 Å². The third-order valence-electron chi connectivity index (χ3n) is 5.76. The van der Waals surface area contributed by atoms with Gasteiger partial charge in [-0.15, -0.1) is 0 Å². The molecule has 1 atom stereocenters. The van der Waals surface area contributed by atoms with E-state index in [4.69, 9.17) is 4.74 Å². The van der Waals surface area contributed by atoms with Gasteiger partial charge in [0.1, 0.15) is 0 Å². The summed E-state index contributed by atoms with van der Waals surface area (Å²) in [5.41, 5.74) is 2.53. The third-order valence-corrected chi connectivity index (χ3v) is 5.76. The Morgan fingerprint density at radius 2 is 1.94 bits per heavy atom. The van der Waals surface area contributed by atoms with Crippen LogP contribution in [0.4, 0.5) is 16.2 Å². The van der Waals surface area contributed by atoms with Crippen molar-refractivity contribution in [2.75, 3.05) is 19.0 Å². The van der Waals surface area contributed by atoms with Crippen molar-refractivity contribution in [3.8, 4) is 0 Å². The molecular formula is C26H28N4O6. The normalized spacial score (nSPS) is 15.6. The number of benzene rings is 2. The highest BCUT2D eigenvalue weighted by atomic mass is 16.6. The van der Waals surface area contributed by atoms with Crippen LogP contribution in [0.2, 0.25) is 0 Å². The number of amides is 3. The van der Waals surface area contributed by atoms with E-state index < -0.39 is 22.8 Å². The van der Waals surface area contributed by atoms with Gasteiger partial charge in [0.15, 0.2) is 0 Å². The second-order valence-corrected chi connectivity index (χ2v) is 8.18. The lowest BCUT2D eigenvalue weighted by atomic mass is 9.94. The van der Waals surface area contributed by atoms with Crippen LogP contribution in [0.25, 0.3) is 6.08 Å². The quantitative estimate of drug-likeness (QED) is 0.228. The molecule has 2 N–H and O–H groups in total. The Hall–Kier alpha value is -4.47. The summed E-state index contributed by atoms with van der Waals surface area (Å²) in [5, 5.41) is 16.4. The summed E-state index contributed by atoms with van der Waals surface area (Å²) >= 11 is 0. The number of methoxy groups -OCH3 is 1. The van der Waals surface area contributed by atoms with E-state index >= 15 is 0 Å². The minimum atomic E-state index is -0.740. The van der Waals surface area contributed by atoms with Crippen LogP contribution in [0, 0.1) is 10.1 Å². The predicted molar refractivity (Wildman–Crippen MR) is 135 cm³/mol. The SMILES string of the molecule is CCCCN1C(=O)N[C@H](c2cccc(NC(=O)/C=C/c3ccc([N+](=O)[O-])cc3)c2)C(C(=O)OC)=C1C. The van der Waals surface area contributed by atoms with Crippen LogP contribution >= 0.6 is 0 Å². The lowest BCUT2D eigenvalue weighted by molar-refractivity contribution is -0.384. The fraction of sp³-hybridized carbons (Fsp3) is 0.269. The molecule has 0 fully saturated rings. The molecule has 1 aliphatic rings. The maximum absolute atomic E-state index is 12.8. The molecule has 188 valence electrons. The van der Waals surface area contributed by atoms with E-state index in [1.165, 1.54) is 31.4 Å². The van der Waals surface area contributed by atoms with Gasteiger partial charge in [-0.3, -0.25) is 19.8 Å². The number of esters is 1. The minimum Gasteiger partial charge on any atom is -0.466 e. The fourth-order valence-electron chi connectivity index (χ4n) is 3.85. The Morgan fingerprint density at radius 3 is 2.58 bits per heavy atom. The molecule has 0 aliphatic carbocycles. The lowest BCUT2D eigenvalue weighted by Gasteiger charge is -2.35. The number of urea groups is 1. The largest absolute Gasteiger partial charge is 0.466 e. The Bertz CT molecular complexity index is 1220. The van der Waals surface area contributed by atoms with E-state index in [0.717, 1.165) is 12.8 Å². The number of hydrogen-bond donors (Lipinski definition) is 2. The van der Waals surface area contributed by atoms with Gasteiger partial charge < -0.3 is 15.4 Å². The molecule has 10 heteroatoms. The first-order chi connectivity index (χ1) is 17.2. The van der Waals surface area contributed by atoms with Crippen LogP contribution in [0.1, 0.15) is 43.9 Å². The zero-order valence-electron chi connectivity index (χ0n) is 20.3. The second kappa shape index (κ2) is 11.8. The Morgan fingerprint density at radius 1 is 1.22 bits per heavy atom. The Balaban J connectivity index is 1.80. The molecule has 36 heavy (non-hydrogen) atoms. The summed E-state index contributed by atoms with van der Waals surface area (Å²) in [5.74, 6) is -0.955. The van der Waals surface area contributed by atoms with Crippen LogP contribution in [-0.2, 0) is 14.3 Å². The number of rotatable bonds is 9. The van der Waals surface area contributed by atoms with Crippen molar-refractivity contribution >= 4 is 35.4 Å². The number of ether oxygens (including phenoxy) is 1. The molecule has 2 aromatic rings. The van der Waals surface area contributed by atoms with E-state index in [0.29, 0.717) is 34.6 Å². The van der Waals surface area contributed by atoms with Gasteiger partial charge in [0.2, 0.25) is 5.91 Å². The number of allylic oxidation sites excluding steroid dienone is 1. The van der Waals surface area contributed by atoms with Crippen LogP contribution < -0.4 is 10.6 Å². The molecule has 0 unspecified atom stereocenters. The second-order valence-electron chi connectivity index (χ2n) is 8.18. The number of non-ortho nitro benzene ring substituents is 1. The van der Waals surface area contributed by atoms with Crippen LogP contribution in [0.3, 0.4) is 0 Å². The zero-order chi connectivity index (χ0) is 26.2. The van der Waals surface area contributed by atoms with Gasteiger partial charge in [-0.25, -0.2) is 9.59 Å². The van der Waals surface area contributed by atoms with Crippen molar-refractivity contribution in [2.45, 2.75) is 32.7 Å². The van der Waals surface area contributed by atoms with Crippen LogP contribution in [0.5, 0.6) is 0 Å². The number of nitrogens with one attached hydrogen (secondary N) is 2. The van der Waals surface area contributed by atoms with Gasteiger partial charge in [0, 0.05) is 36.1 Å². The number of anilines is 1. The van der Waals surface area contributed by atoms with Crippen molar-refractivity contribution in [1.82, 2.24) is 10.2 Å². The number of carbonyl (C=O) groups is 3. The minimum absolute atomic E-state index is 0.0349. The number of nitrogens with zero attached hydrogens (tertiary/aromatic N) is 2. The smallest absolute Gasteiger partial charge is 0.337 e. The van der Waals surface area contributed by atoms with Crippen molar-refractivity contribution in [2.24, 2.45) is 0 Å². The summed E-state index contributed by atoms with van der Waals surface area (Å²) in [4.78, 5) is 49.7. The van der Waals surface area contributed by atoms with Gasteiger partial charge in [-0.1, -0.05) is 25.5 Å². The summed E-state index contributed by atoms with van der Waals surface area (Å²) in [6, 6.07) is 11.6. The first-order valence-electron chi connectivity index (χ1n) is 11.5. The monoisotopic (exact) mass is 492 g/mol. The molecule has 10 nitrogen and oxygen atoms in total. The highest BCUT2D eigenvalue weighted by Crippen LogP contribution is 2.32. The zero-order valence-corrected chi connectivity index (χ0v) is 20.3. The molecule has 2 aromatic carbocycles. The highest BCUT2D eigenvalue weighted by molar-refractivity contribution is 6.02. The third kappa shape index (κ3) is 6.15. The van der Waals surface area contributed by atoms with E-state index in [-0.39, 0.29) is 11.7 Å². The molecule has 0 bridgehead atoms. The first kappa shape index (κ1) is 26.1. The number of nitro groups is 1. The topological polar surface area (TPSA) is 131 Å². The lowest BCUT2D eigenvalue weighted by Crippen LogP contribution is -2.48. The van der Waals surface area contributed by atoms with E-state index in [2.05, 4.69) is 10.6 Å². The summed E-state index contributed by atoms with van der Waals surface area (Å²) < 4.78 is 5.00. The average Bonchev–Trinajstić information content (AvgIpc) is 2.87. The molecular weight excluding hydrogens is 464 g/mol. The number of nitro benzene ring substituents is 1. The Labute approximate surface area is 208 Å². The van der Waals surface area contributed by atoms with Crippen molar-refractivity contribution < 1.29 is 24.0 Å². The standard InChI is InChI=1S/C26H28N4O6/c1-4-5-15-29-17(2)23(25(32)36-3)24(28-26(29)33)19-7-6-8-20(16-19)27-22(31)14-11-18-9-12-21(13-10-18)30(34)35/h6-14,16,24H,4-5,15H2,1-3H3,(H,27,31)(H,28,33)/b14-11+/t24-/m1/s1. The molecule has 1 heterocycles. The molecule has 0 saturated heterocycles. The fourth-order valence-corrected chi connectivity index (χ4v) is 3.85. The number of carbonyl (C=O) groups excluding carboxylic acids is 3. The van der Waals surface area contributed by atoms with Gasteiger partial charge in [0.05, 0.1) is 23.6 Å². The summed E-state index contributed by atoms with van der Waals surface area (Å²) in [7, 11) is 1.29. The molecule has 3 amide bonds. The van der Waals surface area contributed by atoms with Crippen molar-refractivity contribution in [1.29, 1.82) is 0 Å². The van der Waals surface area contributed by atoms with Gasteiger partial charge >= 0.3 is 12.0 Å². The van der Waals surface area contributed by atoms with Crippen LogP contribution in [0.15, 0.2) is 65.9 Å². The van der Waals surface area contributed by atoms with Gasteiger partial charge in [0.25, 0.3) is 5.69 Å². The molecule has 0 radical (unpaired) electrons. The summed E-state index contributed by atoms with van der Waals surface area (Å²) in [6.07, 6.45) is 4.54. The Kier molecular flexibility index (Phi) is 8.56. The molecule has 0 spiro atoms. The predicted octanol–water partition coefficient (Wildman–Crippen LogP) is 4.56. The maximum atomic E-state index is 12.8. The van der Waals surface area contributed by atoms with E-state index in [9.17, 15) is 24.5 Å². The average molecular weight is 493 g/mol. The van der Waals surface area contributed by atoms with Crippen molar-refractivity contribution in [3.63, 3.8) is 0 Å². The van der Waals surface area contributed by atoms with E-state index in [1.54, 1.807) is 48.2 Å². The highest BCUT2D eigenvalue weighted by Gasteiger charge is 2.36. The van der Waals surface area contributed by atoms with Crippen LogP contribution in [-0.4, -0.2) is 41.4 Å². The van der Waals surface area contributed by atoms with Gasteiger partial charge in [-0.05, 0) is 54.8 Å². The maximum Gasteiger partial charge on any atom is 0.337 e. The molecule has 3 rings (SSSR count). The molecule has 1 aliphatic heterocycles.